The smallest absolute Gasteiger partial charge is 0.191 e. The van der Waals surface area contributed by atoms with E-state index in [1.165, 1.54) is 0 Å². The Morgan fingerprint density at radius 2 is 1.19 bits per heavy atom. The van der Waals surface area contributed by atoms with Crippen LogP contribution in [0.3, 0.4) is 0 Å². The van der Waals surface area contributed by atoms with Crippen molar-refractivity contribution < 1.29 is 16.2 Å². The molecule has 16 heavy (non-hydrogen) atoms. The third-order valence-electron chi connectivity index (χ3n) is 1.75. The van der Waals surface area contributed by atoms with Gasteiger partial charge in [-0.05, 0) is 11.1 Å². The van der Waals surface area contributed by atoms with Gasteiger partial charge in [-0.25, -0.2) is 17.1 Å². The second kappa shape index (κ2) is 6.54. The first-order valence-electron chi connectivity index (χ1n) is 4.26. The van der Waals surface area contributed by atoms with Crippen LogP contribution in [-0.2, 0) is 35.1 Å². The van der Waals surface area contributed by atoms with Crippen molar-refractivity contribution in [3.63, 3.8) is 0 Å². The van der Waals surface area contributed by atoms with E-state index in [1.54, 1.807) is 24.3 Å². The molecule has 0 saturated heterocycles. The Morgan fingerprint density at radius 1 is 0.875 bits per heavy atom. The van der Waals surface area contributed by atoms with Gasteiger partial charge in [0.25, 0.3) is 0 Å². The lowest BCUT2D eigenvalue weighted by atomic mass is 10.1. The van der Waals surface area contributed by atoms with Crippen molar-refractivity contribution in [2.45, 2.75) is 13.1 Å². The number of nitrogens with zero attached hydrogens (tertiary/aromatic N) is 2. The molecule has 8 heteroatoms. The van der Waals surface area contributed by atoms with E-state index in [0.717, 1.165) is 0 Å². The van der Waals surface area contributed by atoms with Crippen molar-refractivity contribution in [3.8, 4) is 0 Å². The van der Waals surface area contributed by atoms with Gasteiger partial charge >= 0.3 is 0 Å². The van der Waals surface area contributed by atoms with Crippen molar-refractivity contribution in [1.29, 1.82) is 0 Å². The molecule has 90 valence electrons. The second-order valence-corrected chi connectivity index (χ2v) is 4.34. The number of halogens is 2. The van der Waals surface area contributed by atoms with E-state index in [0.29, 0.717) is 11.1 Å². The first-order valence-corrected chi connectivity index (χ1v) is 6.47. The summed E-state index contributed by atoms with van der Waals surface area (Å²) in [4.78, 5) is 0. The Hall–Kier alpha value is -1.02. The van der Waals surface area contributed by atoms with Crippen LogP contribution >= 0.6 is 0 Å². The zero-order chi connectivity index (χ0) is 12.0. The van der Waals surface area contributed by atoms with E-state index in [2.05, 4.69) is 8.73 Å². The molecule has 0 saturated carbocycles. The summed E-state index contributed by atoms with van der Waals surface area (Å²) in [6.45, 7) is 0.0566. The standard InChI is InChI=1S/C8H10F2N2O2S2/c9-15(13)11-5-7-1-2-8(4-3-7)6-12-16(10)14/h1-4,15-16H,5-6H2. The monoisotopic (exact) mass is 268 g/mol. The highest BCUT2D eigenvalue weighted by Crippen LogP contribution is 2.07. The van der Waals surface area contributed by atoms with Gasteiger partial charge < -0.3 is 0 Å². The van der Waals surface area contributed by atoms with Crippen LogP contribution in [0.4, 0.5) is 7.77 Å². The third kappa shape index (κ3) is 5.17. The number of thiol groups is 2. The molecule has 0 N–H and O–H groups in total. The fraction of sp³-hybridized carbons (Fsp3) is 0.250. The van der Waals surface area contributed by atoms with Gasteiger partial charge in [-0.2, -0.15) is 0 Å². The molecule has 0 fully saturated rings. The molecule has 1 rings (SSSR count). The fourth-order valence-electron chi connectivity index (χ4n) is 1.02. The fourth-order valence-corrected chi connectivity index (χ4v) is 1.57. The molecule has 0 amide bonds. The third-order valence-corrected chi connectivity index (χ3v) is 2.48. The zero-order valence-corrected chi connectivity index (χ0v) is 9.87. The molecule has 0 bridgehead atoms. The number of rotatable bonds is 4. The Kier molecular flexibility index (Phi) is 5.33. The van der Waals surface area contributed by atoms with E-state index < -0.39 is 22.0 Å². The van der Waals surface area contributed by atoms with Gasteiger partial charge in [-0.15, -0.1) is 7.77 Å². The van der Waals surface area contributed by atoms with Crippen molar-refractivity contribution >= 4 is 22.0 Å². The van der Waals surface area contributed by atoms with Crippen LogP contribution in [0.5, 0.6) is 0 Å². The molecule has 0 aliphatic carbocycles. The highest BCUT2D eigenvalue weighted by Gasteiger charge is 1.93. The minimum atomic E-state index is -2.98. The van der Waals surface area contributed by atoms with Gasteiger partial charge in [0.15, 0.2) is 22.0 Å². The summed E-state index contributed by atoms with van der Waals surface area (Å²) in [5.74, 6) is 0. The van der Waals surface area contributed by atoms with E-state index in [-0.39, 0.29) is 13.1 Å². The SMILES string of the molecule is O=[SH](/F)=N/Cc1ccc(C/N=[SH](=O)/F)cc1. The van der Waals surface area contributed by atoms with Crippen molar-refractivity contribution in [3.05, 3.63) is 35.4 Å². The molecule has 0 spiro atoms. The van der Waals surface area contributed by atoms with Crippen molar-refractivity contribution in [1.82, 2.24) is 0 Å². The maximum Gasteiger partial charge on any atom is 0.191 e. The summed E-state index contributed by atoms with van der Waals surface area (Å²) >= 11 is 0. The topological polar surface area (TPSA) is 58.9 Å². The van der Waals surface area contributed by atoms with Crippen LogP contribution < -0.4 is 0 Å². The highest BCUT2D eigenvalue weighted by molar-refractivity contribution is 7.69. The number of benzene rings is 1. The predicted molar refractivity (Wildman–Crippen MR) is 60.0 cm³/mol. The lowest BCUT2D eigenvalue weighted by Crippen LogP contribution is -1.85. The van der Waals surface area contributed by atoms with Crippen molar-refractivity contribution in [2.24, 2.45) is 8.73 Å². The van der Waals surface area contributed by atoms with E-state index in [9.17, 15) is 16.2 Å². The van der Waals surface area contributed by atoms with Crippen LogP contribution in [0.15, 0.2) is 33.0 Å². The second-order valence-electron chi connectivity index (χ2n) is 2.87. The lowest BCUT2D eigenvalue weighted by Gasteiger charge is -1.98. The summed E-state index contributed by atoms with van der Waals surface area (Å²) < 4.78 is 50.5. The summed E-state index contributed by atoms with van der Waals surface area (Å²) in [7, 11) is -5.96. The van der Waals surface area contributed by atoms with Crippen LogP contribution in [0, 0.1) is 0 Å². The first-order chi connectivity index (χ1) is 7.58. The number of hydrogen-bond acceptors (Lipinski definition) is 4. The van der Waals surface area contributed by atoms with Crippen LogP contribution in [0.1, 0.15) is 11.1 Å². The molecule has 2 atom stereocenters. The van der Waals surface area contributed by atoms with Crippen LogP contribution in [0.2, 0.25) is 0 Å². The summed E-state index contributed by atoms with van der Waals surface area (Å²) in [6.07, 6.45) is 0. The van der Waals surface area contributed by atoms with Gasteiger partial charge in [0.05, 0.1) is 13.1 Å². The van der Waals surface area contributed by atoms with E-state index in [4.69, 9.17) is 0 Å². The quantitative estimate of drug-likeness (QED) is 0.646. The van der Waals surface area contributed by atoms with Gasteiger partial charge in [-0.3, -0.25) is 0 Å². The molecule has 0 aliphatic rings. The Labute approximate surface area is 95.7 Å². The number of hydrogen-bond donors (Lipinski definition) is 2. The largest absolute Gasteiger partial charge is 0.220 e. The van der Waals surface area contributed by atoms with Gasteiger partial charge in [-0.1, -0.05) is 24.3 Å². The molecular formula is C8H10F2N2O2S2. The summed E-state index contributed by atoms with van der Waals surface area (Å²) in [6, 6.07) is 6.55. The average Bonchev–Trinajstić information content (AvgIpc) is 2.25. The van der Waals surface area contributed by atoms with Crippen LogP contribution in [-0.4, -0.2) is 8.42 Å². The molecule has 0 heterocycles. The normalized spacial score (nSPS) is 15.1. The molecule has 0 aromatic heterocycles. The first kappa shape index (κ1) is 13.0. The minimum absolute atomic E-state index is 0.0283. The van der Waals surface area contributed by atoms with E-state index >= 15 is 0 Å². The maximum absolute atomic E-state index is 11.9. The maximum atomic E-state index is 11.9. The molecular weight excluding hydrogens is 258 g/mol. The average molecular weight is 268 g/mol. The summed E-state index contributed by atoms with van der Waals surface area (Å²) in [5.41, 5.74) is 1.38. The van der Waals surface area contributed by atoms with Gasteiger partial charge in [0.1, 0.15) is 0 Å². The Morgan fingerprint density at radius 3 is 1.44 bits per heavy atom. The molecule has 1 aromatic carbocycles. The Balaban J connectivity index is 2.68. The van der Waals surface area contributed by atoms with Gasteiger partial charge in [0, 0.05) is 0 Å². The lowest BCUT2D eigenvalue weighted by molar-refractivity contribution is 0.653. The summed E-state index contributed by atoms with van der Waals surface area (Å²) in [5, 5.41) is 0. The highest BCUT2D eigenvalue weighted by atomic mass is 32.2. The van der Waals surface area contributed by atoms with Gasteiger partial charge in [0.2, 0.25) is 0 Å². The molecule has 0 radical (unpaired) electrons. The zero-order valence-electron chi connectivity index (χ0n) is 8.08. The predicted octanol–water partition coefficient (Wildman–Crippen LogP) is 1.78. The minimum Gasteiger partial charge on any atom is -0.220 e. The van der Waals surface area contributed by atoms with E-state index in [1.807, 2.05) is 0 Å². The molecule has 4 nitrogen and oxygen atoms in total. The molecule has 2 unspecified atom stereocenters. The molecule has 1 aromatic rings. The van der Waals surface area contributed by atoms with Crippen molar-refractivity contribution in [2.75, 3.05) is 0 Å². The van der Waals surface area contributed by atoms with Crippen LogP contribution in [0.25, 0.3) is 0 Å². The molecule has 0 aliphatic heterocycles. The Bertz CT molecular complexity index is 456.